The lowest BCUT2D eigenvalue weighted by molar-refractivity contribution is -0.129. The molecular weight excluding hydrogens is 368 g/mol. The largest absolute Gasteiger partial charge is 0.497 e. The number of carbonyl (C=O) groups is 2. The van der Waals surface area contributed by atoms with Gasteiger partial charge in [0.05, 0.1) is 13.7 Å². The maximum atomic E-state index is 12.2. The van der Waals surface area contributed by atoms with Gasteiger partial charge in [-0.2, -0.15) is 0 Å². The Morgan fingerprint density at radius 1 is 0.966 bits per heavy atom. The van der Waals surface area contributed by atoms with Crippen LogP contribution >= 0.6 is 0 Å². The molecule has 2 aromatic rings. The first-order valence-electron chi connectivity index (χ1n) is 9.81. The molecule has 0 heterocycles. The third-order valence-electron chi connectivity index (χ3n) is 4.60. The minimum absolute atomic E-state index is 0.0857. The van der Waals surface area contributed by atoms with Gasteiger partial charge in [0, 0.05) is 25.6 Å². The van der Waals surface area contributed by atoms with Gasteiger partial charge in [0.1, 0.15) is 18.1 Å². The summed E-state index contributed by atoms with van der Waals surface area (Å²) in [7, 11) is 1.61. The lowest BCUT2D eigenvalue weighted by atomic mass is 10.0. The summed E-state index contributed by atoms with van der Waals surface area (Å²) < 4.78 is 10.8. The first-order chi connectivity index (χ1) is 13.9. The summed E-state index contributed by atoms with van der Waals surface area (Å²) >= 11 is 0. The van der Waals surface area contributed by atoms with E-state index in [2.05, 4.69) is 19.2 Å². The monoisotopic (exact) mass is 398 g/mol. The van der Waals surface area contributed by atoms with Crippen molar-refractivity contribution < 1.29 is 19.1 Å². The zero-order chi connectivity index (χ0) is 21.2. The van der Waals surface area contributed by atoms with E-state index < -0.39 is 0 Å². The van der Waals surface area contributed by atoms with Gasteiger partial charge in [-0.1, -0.05) is 26.0 Å². The minimum Gasteiger partial charge on any atom is -0.497 e. The van der Waals surface area contributed by atoms with Gasteiger partial charge in [-0.05, 0) is 47.9 Å². The molecule has 0 unspecified atom stereocenters. The summed E-state index contributed by atoms with van der Waals surface area (Å²) in [6.45, 7) is 6.86. The smallest absolute Gasteiger partial charge is 0.226 e. The molecule has 6 nitrogen and oxygen atoms in total. The molecular formula is C23H30N2O4. The molecule has 0 bridgehead atoms. The Morgan fingerprint density at radius 3 is 2.14 bits per heavy atom. The third-order valence-corrected chi connectivity index (χ3v) is 4.60. The fraction of sp³-hybridized carbons (Fsp3) is 0.391. The second-order valence-corrected chi connectivity index (χ2v) is 7.10. The van der Waals surface area contributed by atoms with Crippen molar-refractivity contribution in [2.24, 2.45) is 0 Å². The fourth-order valence-corrected chi connectivity index (χ4v) is 2.78. The highest BCUT2D eigenvalue weighted by molar-refractivity contribution is 5.91. The Labute approximate surface area is 172 Å². The number of nitrogens with one attached hydrogen (secondary N) is 1. The number of nitrogens with zero attached hydrogens (tertiary/aromatic N) is 1. The average Bonchev–Trinajstić information content (AvgIpc) is 2.71. The maximum absolute atomic E-state index is 12.2. The zero-order valence-electron chi connectivity index (χ0n) is 17.6. The molecule has 2 aromatic carbocycles. The van der Waals surface area contributed by atoms with E-state index in [4.69, 9.17) is 9.47 Å². The van der Waals surface area contributed by atoms with Crippen LogP contribution in [0.25, 0.3) is 0 Å². The molecule has 0 aliphatic carbocycles. The summed E-state index contributed by atoms with van der Waals surface area (Å²) in [6.07, 6.45) is 0.230. The molecule has 156 valence electrons. The van der Waals surface area contributed by atoms with Gasteiger partial charge in [0.25, 0.3) is 0 Å². The van der Waals surface area contributed by atoms with Crippen LogP contribution in [0.1, 0.15) is 38.7 Å². The number of rotatable bonds is 10. The fourth-order valence-electron chi connectivity index (χ4n) is 2.78. The molecule has 6 heteroatoms. The molecule has 2 amide bonds. The summed E-state index contributed by atoms with van der Waals surface area (Å²) in [5.74, 6) is 1.70. The Bertz CT molecular complexity index is 786. The molecule has 0 aliphatic heterocycles. The van der Waals surface area contributed by atoms with Crippen molar-refractivity contribution in [1.29, 1.82) is 0 Å². The first kappa shape index (κ1) is 22.3. The van der Waals surface area contributed by atoms with E-state index in [1.165, 1.54) is 12.5 Å². The standard InChI is InChI=1S/C23H30N2O4/c1-17(2)19-5-7-20(8-6-19)24-23(27)13-14-25(18(3)26)15-16-29-22-11-9-21(28-4)10-12-22/h5-12,17H,13-16H2,1-4H3,(H,24,27). The Kier molecular flexibility index (Phi) is 8.52. The van der Waals surface area contributed by atoms with Gasteiger partial charge in [-0.25, -0.2) is 0 Å². The number of anilines is 1. The van der Waals surface area contributed by atoms with Gasteiger partial charge >= 0.3 is 0 Å². The quantitative estimate of drug-likeness (QED) is 0.655. The van der Waals surface area contributed by atoms with E-state index >= 15 is 0 Å². The Morgan fingerprint density at radius 2 is 1.59 bits per heavy atom. The van der Waals surface area contributed by atoms with E-state index in [9.17, 15) is 9.59 Å². The van der Waals surface area contributed by atoms with Crippen molar-refractivity contribution in [3.63, 3.8) is 0 Å². The summed E-state index contributed by atoms with van der Waals surface area (Å²) in [6, 6.07) is 15.1. The second kappa shape index (κ2) is 11.1. The van der Waals surface area contributed by atoms with Gasteiger partial charge in [0.2, 0.25) is 11.8 Å². The summed E-state index contributed by atoms with van der Waals surface area (Å²) in [5.41, 5.74) is 1.99. The molecule has 0 aliphatic rings. The molecule has 2 rings (SSSR count). The van der Waals surface area contributed by atoms with Crippen molar-refractivity contribution in [3.8, 4) is 11.5 Å². The molecule has 0 spiro atoms. The van der Waals surface area contributed by atoms with Gasteiger partial charge in [0.15, 0.2) is 0 Å². The van der Waals surface area contributed by atoms with Crippen LogP contribution in [0.5, 0.6) is 11.5 Å². The number of hydrogen-bond acceptors (Lipinski definition) is 4. The second-order valence-electron chi connectivity index (χ2n) is 7.10. The zero-order valence-corrected chi connectivity index (χ0v) is 17.6. The predicted octanol–water partition coefficient (Wildman–Crippen LogP) is 4.07. The Hall–Kier alpha value is -3.02. The van der Waals surface area contributed by atoms with Crippen LogP contribution in [-0.4, -0.2) is 43.5 Å². The van der Waals surface area contributed by atoms with Crippen LogP contribution in [-0.2, 0) is 9.59 Å². The van der Waals surface area contributed by atoms with Crippen LogP contribution in [0.2, 0.25) is 0 Å². The molecule has 29 heavy (non-hydrogen) atoms. The Balaban J connectivity index is 1.77. The van der Waals surface area contributed by atoms with Gasteiger partial charge in [-0.3, -0.25) is 9.59 Å². The minimum atomic E-state index is -0.121. The lowest BCUT2D eigenvalue weighted by Gasteiger charge is -2.21. The van der Waals surface area contributed by atoms with Crippen LogP contribution < -0.4 is 14.8 Å². The summed E-state index contributed by atoms with van der Waals surface area (Å²) in [4.78, 5) is 25.7. The van der Waals surface area contributed by atoms with Crippen LogP contribution in [0.4, 0.5) is 5.69 Å². The lowest BCUT2D eigenvalue weighted by Crippen LogP contribution is -2.35. The molecule has 0 radical (unpaired) electrons. The number of hydrogen-bond donors (Lipinski definition) is 1. The van der Waals surface area contributed by atoms with Crippen LogP contribution in [0.3, 0.4) is 0 Å². The van der Waals surface area contributed by atoms with Crippen LogP contribution in [0.15, 0.2) is 48.5 Å². The number of methoxy groups -OCH3 is 1. The van der Waals surface area contributed by atoms with E-state index in [1.807, 2.05) is 48.5 Å². The van der Waals surface area contributed by atoms with Gasteiger partial charge < -0.3 is 19.7 Å². The highest BCUT2D eigenvalue weighted by Crippen LogP contribution is 2.18. The van der Waals surface area contributed by atoms with Crippen molar-refractivity contribution in [2.75, 3.05) is 32.1 Å². The summed E-state index contributed by atoms with van der Waals surface area (Å²) in [5, 5.41) is 2.88. The molecule has 0 fully saturated rings. The van der Waals surface area contributed by atoms with E-state index in [1.54, 1.807) is 12.0 Å². The van der Waals surface area contributed by atoms with Crippen molar-refractivity contribution in [1.82, 2.24) is 4.90 Å². The maximum Gasteiger partial charge on any atom is 0.226 e. The van der Waals surface area contributed by atoms with Crippen LogP contribution in [0, 0.1) is 0 Å². The number of ether oxygens (including phenoxy) is 2. The molecule has 0 atom stereocenters. The SMILES string of the molecule is COc1ccc(OCCN(CCC(=O)Nc2ccc(C(C)C)cc2)C(C)=O)cc1. The number of benzene rings is 2. The highest BCUT2D eigenvalue weighted by atomic mass is 16.5. The molecule has 0 saturated carbocycles. The predicted molar refractivity (Wildman–Crippen MR) is 115 cm³/mol. The van der Waals surface area contributed by atoms with E-state index in [0.717, 1.165) is 11.4 Å². The molecule has 0 aromatic heterocycles. The number of amides is 2. The number of carbonyl (C=O) groups excluding carboxylic acids is 2. The highest BCUT2D eigenvalue weighted by Gasteiger charge is 2.12. The molecule has 1 N–H and O–H groups in total. The third kappa shape index (κ3) is 7.49. The van der Waals surface area contributed by atoms with E-state index in [-0.39, 0.29) is 18.2 Å². The average molecular weight is 399 g/mol. The van der Waals surface area contributed by atoms with Gasteiger partial charge in [-0.15, -0.1) is 0 Å². The van der Waals surface area contributed by atoms with E-state index in [0.29, 0.717) is 31.4 Å². The van der Waals surface area contributed by atoms with Crippen molar-refractivity contribution in [2.45, 2.75) is 33.1 Å². The topological polar surface area (TPSA) is 67.9 Å². The van der Waals surface area contributed by atoms with Crippen molar-refractivity contribution in [3.05, 3.63) is 54.1 Å². The normalized spacial score (nSPS) is 10.5. The first-order valence-corrected chi connectivity index (χ1v) is 9.81. The molecule has 0 saturated heterocycles. The van der Waals surface area contributed by atoms with Crippen molar-refractivity contribution >= 4 is 17.5 Å².